The minimum absolute atomic E-state index is 0.123. The van der Waals surface area contributed by atoms with Crippen LogP contribution in [0, 0.1) is 0 Å². The Bertz CT molecular complexity index is 627. The smallest absolute Gasteiger partial charge is 0.339 e. The summed E-state index contributed by atoms with van der Waals surface area (Å²) in [4.78, 5) is 11.2. The van der Waals surface area contributed by atoms with Crippen LogP contribution in [0.25, 0.3) is 0 Å². The number of carbonyl (C=O) groups is 1. The van der Waals surface area contributed by atoms with E-state index in [2.05, 4.69) is 20.8 Å². The summed E-state index contributed by atoms with van der Waals surface area (Å²) in [6.45, 7) is 6.55. The fraction of sp³-hybridized carbons (Fsp3) is 0.278. The second-order valence-corrected chi connectivity index (χ2v) is 5.67. The second-order valence-electron chi connectivity index (χ2n) is 5.67. The van der Waals surface area contributed by atoms with Crippen LogP contribution in [0.4, 0.5) is 0 Å². The molecule has 0 unspecified atom stereocenters. The van der Waals surface area contributed by atoms with Crippen molar-refractivity contribution in [3.8, 4) is 11.5 Å². The van der Waals surface area contributed by atoms with Crippen molar-refractivity contribution in [3.05, 3.63) is 59.7 Å². The van der Waals surface area contributed by atoms with E-state index >= 15 is 0 Å². The Labute approximate surface area is 125 Å². The van der Waals surface area contributed by atoms with E-state index in [1.807, 2.05) is 24.3 Å². The van der Waals surface area contributed by atoms with Crippen LogP contribution >= 0.6 is 0 Å². The van der Waals surface area contributed by atoms with Gasteiger partial charge in [-0.25, -0.2) is 4.79 Å². The third kappa shape index (κ3) is 3.43. The number of aromatic carboxylic acids is 1. The van der Waals surface area contributed by atoms with E-state index in [0.29, 0.717) is 11.5 Å². The van der Waals surface area contributed by atoms with Crippen LogP contribution < -0.4 is 4.74 Å². The van der Waals surface area contributed by atoms with Gasteiger partial charge in [-0.2, -0.15) is 0 Å². The van der Waals surface area contributed by atoms with Gasteiger partial charge in [-0.3, -0.25) is 0 Å². The molecule has 0 atom stereocenters. The first-order chi connectivity index (χ1) is 9.94. The molecule has 0 aliphatic carbocycles. The minimum atomic E-state index is -0.991. The van der Waals surface area contributed by atoms with Crippen LogP contribution in [0.1, 0.15) is 43.1 Å². The van der Waals surface area contributed by atoms with Crippen molar-refractivity contribution in [1.82, 2.24) is 0 Å². The highest BCUT2D eigenvalue weighted by Crippen LogP contribution is 2.30. The van der Waals surface area contributed by atoms with Crippen molar-refractivity contribution >= 4 is 5.97 Å². The molecule has 0 bridgehead atoms. The van der Waals surface area contributed by atoms with Crippen molar-refractivity contribution in [1.29, 1.82) is 0 Å². The summed E-state index contributed by atoms with van der Waals surface area (Å²) in [5.74, 6) is 0.00110. The van der Waals surface area contributed by atoms with E-state index in [-0.39, 0.29) is 11.0 Å². The number of rotatable bonds is 5. The van der Waals surface area contributed by atoms with Crippen molar-refractivity contribution in [2.45, 2.75) is 32.6 Å². The van der Waals surface area contributed by atoms with Crippen LogP contribution in [0.5, 0.6) is 11.5 Å². The quantitative estimate of drug-likeness (QED) is 0.852. The van der Waals surface area contributed by atoms with E-state index in [4.69, 9.17) is 9.84 Å². The third-order valence-corrected chi connectivity index (χ3v) is 3.86. The molecule has 0 saturated heterocycles. The van der Waals surface area contributed by atoms with Crippen LogP contribution in [0.15, 0.2) is 48.5 Å². The number of hydrogen-bond acceptors (Lipinski definition) is 2. The maximum atomic E-state index is 11.2. The molecule has 3 heteroatoms. The zero-order valence-corrected chi connectivity index (χ0v) is 12.6. The third-order valence-electron chi connectivity index (χ3n) is 3.86. The standard InChI is InChI=1S/C18H20O3/c1-4-18(2,3)13-9-11-14(12-10-13)21-16-8-6-5-7-15(16)17(19)20/h5-12H,4H2,1-3H3,(H,19,20). The summed E-state index contributed by atoms with van der Waals surface area (Å²) in [5, 5.41) is 9.15. The highest BCUT2D eigenvalue weighted by Gasteiger charge is 2.18. The summed E-state index contributed by atoms with van der Waals surface area (Å²) in [5.41, 5.74) is 1.52. The number of hydrogen-bond donors (Lipinski definition) is 1. The van der Waals surface area contributed by atoms with Crippen LogP contribution in [-0.4, -0.2) is 11.1 Å². The van der Waals surface area contributed by atoms with Gasteiger partial charge in [0, 0.05) is 0 Å². The minimum Gasteiger partial charge on any atom is -0.478 e. The molecule has 0 radical (unpaired) electrons. The molecule has 2 aromatic rings. The molecule has 2 rings (SSSR count). The van der Waals surface area contributed by atoms with Gasteiger partial charge < -0.3 is 9.84 Å². The molecule has 0 amide bonds. The average Bonchev–Trinajstić information content (AvgIpc) is 2.48. The van der Waals surface area contributed by atoms with Crippen LogP contribution in [0.2, 0.25) is 0 Å². The van der Waals surface area contributed by atoms with Gasteiger partial charge >= 0.3 is 5.97 Å². The van der Waals surface area contributed by atoms with Gasteiger partial charge in [0.15, 0.2) is 0 Å². The van der Waals surface area contributed by atoms with Crippen molar-refractivity contribution < 1.29 is 14.6 Å². The lowest BCUT2D eigenvalue weighted by atomic mass is 9.82. The molecule has 0 aliphatic rings. The van der Waals surface area contributed by atoms with Gasteiger partial charge in [-0.15, -0.1) is 0 Å². The number of carboxylic acid groups (broad SMARTS) is 1. The summed E-state index contributed by atoms with van der Waals surface area (Å²) < 4.78 is 5.69. The Morgan fingerprint density at radius 2 is 1.71 bits per heavy atom. The molecule has 3 nitrogen and oxygen atoms in total. The molecule has 0 heterocycles. The van der Waals surface area contributed by atoms with Crippen molar-refractivity contribution in [3.63, 3.8) is 0 Å². The molecule has 2 aromatic carbocycles. The SMILES string of the molecule is CCC(C)(C)c1ccc(Oc2ccccc2C(=O)O)cc1. The number of carboxylic acids is 1. The molecule has 1 N–H and O–H groups in total. The normalized spacial score (nSPS) is 11.2. The zero-order valence-electron chi connectivity index (χ0n) is 12.6. The van der Waals surface area contributed by atoms with E-state index in [0.717, 1.165) is 6.42 Å². The highest BCUT2D eigenvalue weighted by atomic mass is 16.5. The Hall–Kier alpha value is -2.29. The number of ether oxygens (including phenoxy) is 1. The zero-order chi connectivity index (χ0) is 15.5. The maximum Gasteiger partial charge on any atom is 0.339 e. The first-order valence-electron chi connectivity index (χ1n) is 7.05. The Kier molecular flexibility index (Phi) is 4.32. The molecular formula is C18H20O3. The predicted molar refractivity (Wildman–Crippen MR) is 83.2 cm³/mol. The van der Waals surface area contributed by atoms with E-state index in [9.17, 15) is 4.79 Å². The molecule has 0 spiro atoms. The Morgan fingerprint density at radius 3 is 2.29 bits per heavy atom. The Balaban J connectivity index is 2.24. The van der Waals surface area contributed by atoms with Crippen molar-refractivity contribution in [2.75, 3.05) is 0 Å². The van der Waals surface area contributed by atoms with Gasteiger partial charge in [0.25, 0.3) is 0 Å². The Morgan fingerprint density at radius 1 is 1.10 bits per heavy atom. The molecule has 0 fully saturated rings. The first-order valence-corrected chi connectivity index (χ1v) is 7.05. The number of para-hydroxylation sites is 1. The maximum absolute atomic E-state index is 11.2. The van der Waals surface area contributed by atoms with Gasteiger partial charge in [0.1, 0.15) is 17.1 Å². The molecule has 0 saturated carbocycles. The van der Waals surface area contributed by atoms with Gasteiger partial charge in [0.2, 0.25) is 0 Å². The van der Waals surface area contributed by atoms with Crippen molar-refractivity contribution in [2.24, 2.45) is 0 Å². The molecule has 0 aliphatic heterocycles. The predicted octanol–water partition coefficient (Wildman–Crippen LogP) is 4.86. The molecule has 110 valence electrons. The summed E-state index contributed by atoms with van der Waals surface area (Å²) in [6.07, 6.45) is 1.05. The highest BCUT2D eigenvalue weighted by molar-refractivity contribution is 5.90. The first kappa shape index (κ1) is 15.1. The molecular weight excluding hydrogens is 264 g/mol. The lowest BCUT2D eigenvalue weighted by Crippen LogP contribution is -2.14. The fourth-order valence-electron chi connectivity index (χ4n) is 2.04. The number of benzene rings is 2. The average molecular weight is 284 g/mol. The summed E-state index contributed by atoms with van der Waals surface area (Å²) >= 11 is 0. The summed E-state index contributed by atoms with van der Waals surface area (Å²) in [7, 11) is 0. The van der Waals surface area contributed by atoms with Crippen LogP contribution in [-0.2, 0) is 5.41 Å². The summed E-state index contributed by atoms with van der Waals surface area (Å²) in [6, 6.07) is 14.5. The fourth-order valence-corrected chi connectivity index (χ4v) is 2.04. The topological polar surface area (TPSA) is 46.5 Å². The largest absolute Gasteiger partial charge is 0.478 e. The lowest BCUT2D eigenvalue weighted by Gasteiger charge is -2.23. The lowest BCUT2D eigenvalue weighted by molar-refractivity contribution is 0.0694. The molecule has 0 aromatic heterocycles. The van der Waals surface area contributed by atoms with E-state index in [1.165, 1.54) is 11.6 Å². The van der Waals surface area contributed by atoms with E-state index < -0.39 is 5.97 Å². The van der Waals surface area contributed by atoms with Gasteiger partial charge in [-0.05, 0) is 41.7 Å². The van der Waals surface area contributed by atoms with Crippen LogP contribution in [0.3, 0.4) is 0 Å². The molecule has 21 heavy (non-hydrogen) atoms. The monoisotopic (exact) mass is 284 g/mol. The van der Waals surface area contributed by atoms with Gasteiger partial charge in [-0.1, -0.05) is 45.0 Å². The van der Waals surface area contributed by atoms with E-state index in [1.54, 1.807) is 18.2 Å². The second kappa shape index (κ2) is 6.00. The van der Waals surface area contributed by atoms with Gasteiger partial charge in [0.05, 0.1) is 0 Å².